The molecule has 80 valence electrons. The zero-order valence-corrected chi connectivity index (χ0v) is 10.9. The van der Waals surface area contributed by atoms with Crippen molar-refractivity contribution in [2.45, 2.75) is 20.0 Å². The fraction of sp³-hybridized carbons (Fsp3) is 0.250. The zero-order valence-electron chi connectivity index (χ0n) is 8.70. The second-order valence-electron chi connectivity index (χ2n) is 3.43. The predicted molar refractivity (Wildman–Crippen MR) is 68.9 cm³/mol. The summed E-state index contributed by atoms with van der Waals surface area (Å²) in [5.41, 5.74) is 2.31. The average molecular weight is 316 g/mol. The molecule has 0 aliphatic rings. The Kier molecular flexibility index (Phi) is 4.47. The van der Waals surface area contributed by atoms with Gasteiger partial charge in [0, 0.05) is 5.57 Å². The third-order valence-corrected chi connectivity index (χ3v) is 2.88. The molecule has 1 aromatic rings. The Morgan fingerprint density at radius 2 is 1.93 bits per heavy atom. The summed E-state index contributed by atoms with van der Waals surface area (Å²) in [5, 5.41) is 9.95. The first kappa shape index (κ1) is 12.4. The van der Waals surface area contributed by atoms with Gasteiger partial charge in [0.05, 0.1) is 0 Å². The van der Waals surface area contributed by atoms with Crippen molar-refractivity contribution in [1.29, 1.82) is 0 Å². The molecule has 0 saturated carbocycles. The van der Waals surface area contributed by atoms with Gasteiger partial charge in [-0.05, 0) is 23.5 Å². The van der Waals surface area contributed by atoms with Gasteiger partial charge in [0.15, 0.2) is 5.78 Å². The molecule has 0 spiro atoms. The highest BCUT2D eigenvalue weighted by atomic mass is 127. The van der Waals surface area contributed by atoms with Gasteiger partial charge in [0.1, 0.15) is 6.10 Å². The van der Waals surface area contributed by atoms with E-state index in [1.807, 2.05) is 53.8 Å². The highest BCUT2D eigenvalue weighted by Gasteiger charge is 2.16. The van der Waals surface area contributed by atoms with Crippen molar-refractivity contribution in [2.24, 2.45) is 0 Å². The molecule has 1 aromatic carbocycles. The average Bonchev–Trinajstić information content (AvgIpc) is 2.19. The molecular weight excluding hydrogens is 303 g/mol. The van der Waals surface area contributed by atoms with Gasteiger partial charge in [-0.15, -0.1) is 0 Å². The van der Waals surface area contributed by atoms with Crippen molar-refractivity contribution in [1.82, 2.24) is 0 Å². The van der Waals surface area contributed by atoms with Crippen molar-refractivity contribution in [3.63, 3.8) is 0 Å². The van der Waals surface area contributed by atoms with Crippen LogP contribution < -0.4 is 0 Å². The van der Waals surface area contributed by atoms with Gasteiger partial charge in [-0.2, -0.15) is 0 Å². The van der Waals surface area contributed by atoms with Crippen LogP contribution in [0.1, 0.15) is 24.2 Å². The normalized spacial score (nSPS) is 13.7. The van der Waals surface area contributed by atoms with Crippen LogP contribution in [0.2, 0.25) is 0 Å². The number of aryl methyl sites for hydroxylation is 1. The first-order valence-electron chi connectivity index (χ1n) is 4.62. The molecule has 0 bridgehead atoms. The minimum Gasteiger partial charge on any atom is -0.384 e. The number of hydrogen-bond acceptors (Lipinski definition) is 2. The second kappa shape index (κ2) is 5.42. The standard InChI is InChI=1S/C12H13IO2/c1-8-3-5-10(6-4-8)12(15)11(7-13)9(2)14/h3-7,12,15H,1-2H3/b11-7+/t12-/m0/s1. The van der Waals surface area contributed by atoms with Crippen LogP contribution in [0.25, 0.3) is 0 Å². The summed E-state index contributed by atoms with van der Waals surface area (Å²) in [4.78, 5) is 11.2. The molecule has 0 saturated heterocycles. The third-order valence-electron chi connectivity index (χ3n) is 2.21. The summed E-state index contributed by atoms with van der Waals surface area (Å²) in [6.45, 7) is 3.44. The quantitative estimate of drug-likeness (QED) is 0.688. The summed E-state index contributed by atoms with van der Waals surface area (Å²) < 4.78 is 1.63. The van der Waals surface area contributed by atoms with Crippen LogP contribution in [-0.4, -0.2) is 10.9 Å². The van der Waals surface area contributed by atoms with Gasteiger partial charge in [-0.25, -0.2) is 0 Å². The summed E-state index contributed by atoms with van der Waals surface area (Å²) in [6, 6.07) is 7.51. The Hall–Kier alpha value is -0.680. The van der Waals surface area contributed by atoms with E-state index in [9.17, 15) is 9.90 Å². The van der Waals surface area contributed by atoms with E-state index in [2.05, 4.69) is 0 Å². The minimum absolute atomic E-state index is 0.0996. The lowest BCUT2D eigenvalue weighted by atomic mass is 9.99. The van der Waals surface area contributed by atoms with Crippen LogP contribution in [0.3, 0.4) is 0 Å². The number of aliphatic hydroxyl groups excluding tert-OH is 1. The van der Waals surface area contributed by atoms with Gasteiger partial charge in [-0.1, -0.05) is 52.4 Å². The molecule has 0 unspecified atom stereocenters. The first-order chi connectivity index (χ1) is 7.06. The van der Waals surface area contributed by atoms with E-state index in [4.69, 9.17) is 0 Å². The number of ketones is 1. The van der Waals surface area contributed by atoms with Crippen LogP contribution in [0.4, 0.5) is 0 Å². The van der Waals surface area contributed by atoms with Crippen molar-refractivity contribution < 1.29 is 9.90 Å². The van der Waals surface area contributed by atoms with Crippen molar-refractivity contribution in [3.05, 3.63) is 45.0 Å². The zero-order chi connectivity index (χ0) is 11.4. The Labute approximate surface area is 103 Å². The second-order valence-corrected chi connectivity index (χ2v) is 4.06. The lowest BCUT2D eigenvalue weighted by Crippen LogP contribution is -2.08. The highest BCUT2D eigenvalue weighted by molar-refractivity contribution is 14.1. The Bertz CT molecular complexity index is 379. The van der Waals surface area contributed by atoms with Gasteiger partial charge in [0.2, 0.25) is 0 Å². The van der Waals surface area contributed by atoms with Crippen LogP contribution in [0, 0.1) is 6.92 Å². The maximum absolute atomic E-state index is 11.2. The number of hydrogen-bond donors (Lipinski definition) is 1. The summed E-state index contributed by atoms with van der Waals surface area (Å²) in [5.74, 6) is -0.0996. The van der Waals surface area contributed by atoms with Crippen molar-refractivity contribution >= 4 is 28.4 Å². The molecule has 0 aromatic heterocycles. The maximum atomic E-state index is 11.2. The largest absolute Gasteiger partial charge is 0.384 e. The molecule has 0 amide bonds. The minimum atomic E-state index is -0.819. The van der Waals surface area contributed by atoms with Gasteiger partial charge < -0.3 is 5.11 Å². The van der Waals surface area contributed by atoms with Gasteiger partial charge in [0.25, 0.3) is 0 Å². The Morgan fingerprint density at radius 3 is 2.33 bits per heavy atom. The van der Waals surface area contributed by atoms with Crippen LogP contribution in [0.5, 0.6) is 0 Å². The van der Waals surface area contributed by atoms with E-state index < -0.39 is 6.10 Å². The molecule has 0 aliphatic carbocycles. The summed E-state index contributed by atoms with van der Waals surface area (Å²) in [6.07, 6.45) is -0.819. The Balaban J connectivity index is 2.98. The molecule has 1 atom stereocenters. The van der Waals surface area contributed by atoms with Crippen molar-refractivity contribution in [3.8, 4) is 0 Å². The Morgan fingerprint density at radius 1 is 1.40 bits per heavy atom. The lowest BCUT2D eigenvalue weighted by molar-refractivity contribution is -0.114. The van der Waals surface area contributed by atoms with Crippen molar-refractivity contribution in [2.75, 3.05) is 0 Å². The van der Waals surface area contributed by atoms with E-state index in [0.29, 0.717) is 5.57 Å². The number of benzene rings is 1. The maximum Gasteiger partial charge on any atom is 0.159 e. The van der Waals surface area contributed by atoms with E-state index >= 15 is 0 Å². The highest BCUT2D eigenvalue weighted by Crippen LogP contribution is 2.23. The molecule has 0 heterocycles. The van der Waals surface area contributed by atoms with E-state index in [1.54, 1.807) is 4.08 Å². The fourth-order valence-corrected chi connectivity index (χ4v) is 2.04. The molecule has 0 aliphatic heterocycles. The van der Waals surface area contributed by atoms with E-state index in [-0.39, 0.29) is 5.78 Å². The summed E-state index contributed by atoms with van der Waals surface area (Å²) in [7, 11) is 0. The van der Waals surface area contributed by atoms with Gasteiger partial charge >= 0.3 is 0 Å². The summed E-state index contributed by atoms with van der Waals surface area (Å²) >= 11 is 1.97. The number of carbonyl (C=O) groups excluding carboxylic acids is 1. The molecule has 3 heteroatoms. The third kappa shape index (κ3) is 3.14. The number of halogens is 1. The number of rotatable bonds is 3. The molecule has 15 heavy (non-hydrogen) atoms. The topological polar surface area (TPSA) is 37.3 Å². The molecule has 2 nitrogen and oxygen atoms in total. The molecule has 0 radical (unpaired) electrons. The SMILES string of the molecule is CC(=O)/C(=C\I)[C@@H](O)c1ccc(C)cc1. The lowest BCUT2D eigenvalue weighted by Gasteiger charge is -2.12. The number of carbonyl (C=O) groups is 1. The molecule has 1 N–H and O–H groups in total. The predicted octanol–water partition coefficient (Wildman–Crippen LogP) is 2.94. The molecule has 1 rings (SSSR count). The van der Waals surface area contributed by atoms with E-state index in [1.165, 1.54) is 6.92 Å². The van der Waals surface area contributed by atoms with Crippen LogP contribution in [-0.2, 0) is 4.79 Å². The first-order valence-corrected chi connectivity index (χ1v) is 5.86. The smallest absolute Gasteiger partial charge is 0.159 e. The number of Topliss-reactive ketones (excluding diaryl/α,β-unsaturated/α-hetero) is 1. The van der Waals surface area contributed by atoms with E-state index in [0.717, 1.165) is 11.1 Å². The molecular formula is C12H13IO2. The fourth-order valence-electron chi connectivity index (χ4n) is 1.26. The number of aliphatic hydroxyl groups is 1. The van der Waals surface area contributed by atoms with Gasteiger partial charge in [-0.3, -0.25) is 4.79 Å². The van der Waals surface area contributed by atoms with Crippen LogP contribution >= 0.6 is 22.6 Å². The molecule has 0 fully saturated rings. The monoisotopic (exact) mass is 316 g/mol. The van der Waals surface area contributed by atoms with Crippen LogP contribution in [0.15, 0.2) is 33.9 Å².